The van der Waals surface area contributed by atoms with Crippen LogP contribution in [0, 0.1) is 0 Å². The average molecular weight is 830 g/mol. The molecule has 0 saturated carbocycles. The highest BCUT2D eigenvalue weighted by atomic mass is 15.2. The monoisotopic (exact) mass is 829 g/mol. The first-order valence-corrected chi connectivity index (χ1v) is 22.3. The van der Waals surface area contributed by atoms with Crippen molar-refractivity contribution < 1.29 is 0 Å². The van der Waals surface area contributed by atoms with Gasteiger partial charge in [-0.05, 0) is 123 Å². The quantitative estimate of drug-likeness (QED) is 0.144. The second-order valence-electron chi connectivity index (χ2n) is 16.5. The maximum Gasteiger partial charge on any atom is 0.0568 e. The Morgan fingerprint density at radius 1 is 0.262 bits per heavy atom. The molecule has 1 heterocycles. The molecule has 12 rings (SSSR count). The smallest absolute Gasteiger partial charge is 0.0568 e. The molecule has 0 saturated heterocycles. The van der Waals surface area contributed by atoms with Gasteiger partial charge >= 0.3 is 0 Å². The van der Waals surface area contributed by atoms with E-state index in [0.29, 0.717) is 0 Å². The SMILES string of the molecule is c1ccc(-c2ccc(N(c3ccccc3)c3ccc4c(N(c5ccccc5)c5ccc(-c6ccccc6)cc5)cc5c(c4c3)c3c4ccccc4ccc3n5-c3ccccc3)cc2)cc1. The van der Waals surface area contributed by atoms with Crippen LogP contribution in [0.4, 0.5) is 34.1 Å². The lowest BCUT2D eigenvalue weighted by molar-refractivity contribution is 1.18. The Morgan fingerprint density at radius 2 is 0.708 bits per heavy atom. The predicted molar refractivity (Wildman–Crippen MR) is 276 cm³/mol. The summed E-state index contributed by atoms with van der Waals surface area (Å²) < 4.78 is 2.46. The molecule has 0 aliphatic rings. The van der Waals surface area contributed by atoms with Gasteiger partial charge in [0.2, 0.25) is 0 Å². The summed E-state index contributed by atoms with van der Waals surface area (Å²) >= 11 is 0. The van der Waals surface area contributed by atoms with Crippen LogP contribution in [0.25, 0.3) is 71.3 Å². The Hall–Kier alpha value is -8.66. The Bertz CT molecular complexity index is 3600. The zero-order valence-corrected chi connectivity index (χ0v) is 35.7. The summed E-state index contributed by atoms with van der Waals surface area (Å²) in [6, 6.07) is 94.4. The molecule has 12 aromatic rings. The van der Waals surface area contributed by atoms with Crippen LogP contribution < -0.4 is 9.80 Å². The van der Waals surface area contributed by atoms with E-state index in [4.69, 9.17) is 0 Å². The number of para-hydroxylation sites is 3. The van der Waals surface area contributed by atoms with Gasteiger partial charge in [-0.1, -0.05) is 176 Å². The van der Waals surface area contributed by atoms with E-state index in [2.05, 4.69) is 275 Å². The van der Waals surface area contributed by atoms with Crippen molar-refractivity contribution in [3.05, 3.63) is 261 Å². The molecule has 3 heteroatoms. The second-order valence-corrected chi connectivity index (χ2v) is 16.5. The van der Waals surface area contributed by atoms with Crippen LogP contribution in [-0.4, -0.2) is 4.57 Å². The third-order valence-corrected chi connectivity index (χ3v) is 12.7. The summed E-state index contributed by atoms with van der Waals surface area (Å²) in [4.78, 5) is 4.82. The van der Waals surface area contributed by atoms with E-state index in [1.807, 2.05) is 0 Å². The van der Waals surface area contributed by atoms with Gasteiger partial charge in [-0.2, -0.15) is 0 Å². The molecule has 0 radical (unpaired) electrons. The van der Waals surface area contributed by atoms with E-state index >= 15 is 0 Å². The maximum absolute atomic E-state index is 2.46. The van der Waals surface area contributed by atoms with Crippen LogP contribution in [0.2, 0.25) is 0 Å². The van der Waals surface area contributed by atoms with Gasteiger partial charge in [-0.25, -0.2) is 0 Å². The Balaban J connectivity index is 1.17. The summed E-state index contributed by atoms with van der Waals surface area (Å²) in [5.41, 5.74) is 14.7. The van der Waals surface area contributed by atoms with Gasteiger partial charge in [0.05, 0.1) is 16.7 Å². The van der Waals surface area contributed by atoms with Crippen molar-refractivity contribution in [1.29, 1.82) is 0 Å². The highest BCUT2D eigenvalue weighted by Gasteiger charge is 2.24. The Kier molecular flexibility index (Phi) is 9.50. The lowest BCUT2D eigenvalue weighted by Gasteiger charge is -2.29. The fourth-order valence-corrected chi connectivity index (χ4v) is 9.73. The number of nitrogens with zero attached hydrogens (tertiary/aromatic N) is 3. The van der Waals surface area contributed by atoms with Crippen molar-refractivity contribution >= 4 is 77.5 Å². The van der Waals surface area contributed by atoms with Gasteiger partial charge in [-0.15, -0.1) is 0 Å². The van der Waals surface area contributed by atoms with E-state index in [-0.39, 0.29) is 0 Å². The largest absolute Gasteiger partial charge is 0.310 e. The van der Waals surface area contributed by atoms with E-state index in [1.54, 1.807) is 0 Å². The molecule has 0 fully saturated rings. The van der Waals surface area contributed by atoms with Gasteiger partial charge in [0.15, 0.2) is 0 Å². The number of hydrogen-bond acceptors (Lipinski definition) is 2. The number of hydrogen-bond donors (Lipinski definition) is 0. The Morgan fingerprint density at radius 3 is 1.31 bits per heavy atom. The normalized spacial score (nSPS) is 11.4. The Labute approximate surface area is 378 Å². The standard InChI is InChI=1S/C62H43N3/c1-6-18-44(19-7-1)46-30-35-52(36-31-46)63(49-23-10-3-11-24-49)54-39-40-56-57(42-54)62-60(65(51-27-14-5-15-28-51)58-41-34-48-22-16-17-29-55(48)61(58)62)43-59(56)64(50-25-12-4-13-26-50)53-37-32-47(33-38-53)45-20-8-2-9-21-45/h1-43H. The molecule has 0 spiro atoms. The molecule has 3 nitrogen and oxygen atoms in total. The minimum absolute atomic E-state index is 1.08. The lowest BCUT2D eigenvalue weighted by atomic mass is 9.97. The molecule has 306 valence electrons. The van der Waals surface area contributed by atoms with Crippen molar-refractivity contribution in [2.75, 3.05) is 9.80 Å². The molecule has 0 aliphatic carbocycles. The molecular formula is C62H43N3. The van der Waals surface area contributed by atoms with Crippen LogP contribution in [0.3, 0.4) is 0 Å². The zero-order valence-electron chi connectivity index (χ0n) is 35.7. The van der Waals surface area contributed by atoms with Gasteiger partial charge < -0.3 is 14.4 Å². The number of benzene rings is 11. The topological polar surface area (TPSA) is 11.4 Å². The average Bonchev–Trinajstić information content (AvgIpc) is 3.73. The van der Waals surface area contributed by atoms with Crippen LogP contribution in [-0.2, 0) is 0 Å². The first kappa shape index (κ1) is 38.0. The van der Waals surface area contributed by atoms with Gasteiger partial charge in [0.1, 0.15) is 0 Å². The first-order chi connectivity index (χ1) is 32.3. The van der Waals surface area contributed by atoms with Gasteiger partial charge in [-0.3, -0.25) is 0 Å². The molecule has 0 unspecified atom stereocenters. The van der Waals surface area contributed by atoms with Crippen LogP contribution in [0.15, 0.2) is 261 Å². The number of rotatable bonds is 9. The minimum atomic E-state index is 1.08. The van der Waals surface area contributed by atoms with E-state index in [9.17, 15) is 0 Å². The predicted octanol–water partition coefficient (Wildman–Crippen LogP) is 17.4. The van der Waals surface area contributed by atoms with Crippen molar-refractivity contribution in [2.45, 2.75) is 0 Å². The van der Waals surface area contributed by atoms with Crippen molar-refractivity contribution in [3.8, 4) is 27.9 Å². The molecular weight excluding hydrogens is 787 g/mol. The molecule has 65 heavy (non-hydrogen) atoms. The second kappa shape index (κ2) is 16.2. The summed E-state index contributed by atoms with van der Waals surface area (Å²) in [5.74, 6) is 0. The van der Waals surface area contributed by atoms with E-state index in [1.165, 1.54) is 54.7 Å². The summed E-state index contributed by atoms with van der Waals surface area (Å²) in [7, 11) is 0. The molecule has 0 N–H and O–H groups in total. The lowest BCUT2D eigenvalue weighted by Crippen LogP contribution is -2.12. The van der Waals surface area contributed by atoms with Gasteiger partial charge in [0, 0.05) is 50.3 Å². The summed E-state index contributed by atoms with van der Waals surface area (Å²) in [5, 5.41) is 7.25. The van der Waals surface area contributed by atoms with E-state index in [0.717, 1.165) is 50.7 Å². The van der Waals surface area contributed by atoms with Crippen molar-refractivity contribution in [1.82, 2.24) is 4.57 Å². The number of anilines is 6. The van der Waals surface area contributed by atoms with Crippen LogP contribution in [0.5, 0.6) is 0 Å². The molecule has 0 aliphatic heterocycles. The minimum Gasteiger partial charge on any atom is -0.310 e. The number of aromatic nitrogens is 1. The fourth-order valence-electron chi connectivity index (χ4n) is 9.73. The molecule has 1 aromatic heterocycles. The third kappa shape index (κ3) is 6.78. The summed E-state index contributed by atoms with van der Waals surface area (Å²) in [6.45, 7) is 0. The van der Waals surface area contributed by atoms with Crippen LogP contribution >= 0.6 is 0 Å². The molecule has 0 amide bonds. The molecule has 0 atom stereocenters. The van der Waals surface area contributed by atoms with Crippen molar-refractivity contribution in [3.63, 3.8) is 0 Å². The van der Waals surface area contributed by atoms with Crippen molar-refractivity contribution in [2.24, 2.45) is 0 Å². The third-order valence-electron chi connectivity index (χ3n) is 12.7. The van der Waals surface area contributed by atoms with E-state index < -0.39 is 0 Å². The molecule has 11 aromatic carbocycles. The van der Waals surface area contributed by atoms with Gasteiger partial charge in [0.25, 0.3) is 0 Å². The highest BCUT2D eigenvalue weighted by molar-refractivity contribution is 6.30. The molecule has 0 bridgehead atoms. The maximum atomic E-state index is 2.46. The number of fused-ring (bicyclic) bond motifs is 7. The highest BCUT2D eigenvalue weighted by Crippen LogP contribution is 2.49. The summed E-state index contributed by atoms with van der Waals surface area (Å²) in [6.07, 6.45) is 0. The van der Waals surface area contributed by atoms with Crippen LogP contribution in [0.1, 0.15) is 0 Å². The zero-order chi connectivity index (χ0) is 43.1. The first-order valence-electron chi connectivity index (χ1n) is 22.3. The fraction of sp³-hybridized carbons (Fsp3) is 0.